The van der Waals surface area contributed by atoms with Crippen LogP contribution >= 0.6 is 0 Å². The van der Waals surface area contributed by atoms with Crippen molar-refractivity contribution in [3.63, 3.8) is 0 Å². The van der Waals surface area contributed by atoms with E-state index in [1.165, 1.54) is 7.11 Å². The third kappa shape index (κ3) is 2.97. The van der Waals surface area contributed by atoms with Crippen LogP contribution in [-0.2, 0) is 14.3 Å². The van der Waals surface area contributed by atoms with Crippen LogP contribution < -0.4 is 5.11 Å². The van der Waals surface area contributed by atoms with Gasteiger partial charge < -0.3 is 19.4 Å². The standard InChI is InChI=1S/C10H14O5/c1-6-3-4-8(15-10(12)13)7(5-6)9(11)14-2/h3-4,6-8H,5H2,1-2H3,(H,12,13)/p-1. The molecule has 5 heteroatoms. The fourth-order valence-electron chi connectivity index (χ4n) is 1.66. The van der Waals surface area contributed by atoms with Crippen LogP contribution in [0.1, 0.15) is 13.3 Å². The van der Waals surface area contributed by atoms with Gasteiger partial charge in [0.1, 0.15) is 0 Å². The molecule has 0 bridgehead atoms. The van der Waals surface area contributed by atoms with E-state index >= 15 is 0 Å². The number of allylic oxidation sites excluding steroid dienone is 1. The summed E-state index contributed by atoms with van der Waals surface area (Å²) in [5, 5.41) is 10.3. The Morgan fingerprint density at radius 2 is 2.07 bits per heavy atom. The van der Waals surface area contributed by atoms with Crippen molar-refractivity contribution >= 4 is 12.1 Å². The summed E-state index contributed by atoms with van der Waals surface area (Å²) in [7, 11) is 1.27. The second kappa shape index (κ2) is 4.82. The van der Waals surface area contributed by atoms with Gasteiger partial charge in [0.15, 0.2) is 0 Å². The van der Waals surface area contributed by atoms with Gasteiger partial charge in [0.25, 0.3) is 6.16 Å². The van der Waals surface area contributed by atoms with Gasteiger partial charge in [-0.15, -0.1) is 0 Å². The lowest BCUT2D eigenvalue weighted by molar-refractivity contribution is -0.287. The monoisotopic (exact) mass is 213 g/mol. The first-order valence-corrected chi connectivity index (χ1v) is 4.68. The summed E-state index contributed by atoms with van der Waals surface area (Å²) in [5.41, 5.74) is 0. The Balaban J connectivity index is 2.75. The van der Waals surface area contributed by atoms with E-state index in [2.05, 4.69) is 9.47 Å². The van der Waals surface area contributed by atoms with Crippen LogP contribution in [0.25, 0.3) is 0 Å². The largest absolute Gasteiger partial charge is 0.541 e. The van der Waals surface area contributed by atoms with Crippen LogP contribution in [0.3, 0.4) is 0 Å². The van der Waals surface area contributed by atoms with Crippen LogP contribution in [0.5, 0.6) is 0 Å². The molecule has 0 aliphatic heterocycles. The second-order valence-electron chi connectivity index (χ2n) is 3.56. The summed E-state index contributed by atoms with van der Waals surface area (Å²) in [6, 6.07) is 0. The number of methoxy groups -OCH3 is 1. The summed E-state index contributed by atoms with van der Waals surface area (Å²) >= 11 is 0. The van der Waals surface area contributed by atoms with E-state index < -0.39 is 24.1 Å². The van der Waals surface area contributed by atoms with Gasteiger partial charge in [-0.25, -0.2) is 0 Å². The Labute approximate surface area is 87.7 Å². The molecule has 3 unspecified atom stereocenters. The molecular weight excluding hydrogens is 200 g/mol. The van der Waals surface area contributed by atoms with E-state index in [0.29, 0.717) is 6.42 Å². The minimum atomic E-state index is -1.63. The highest BCUT2D eigenvalue weighted by atomic mass is 16.7. The average Bonchev–Trinajstić information content (AvgIpc) is 2.19. The smallest absolute Gasteiger partial charge is 0.311 e. The quantitative estimate of drug-likeness (QED) is 0.480. The zero-order valence-corrected chi connectivity index (χ0v) is 8.64. The molecule has 15 heavy (non-hydrogen) atoms. The Bertz CT molecular complexity index is 284. The van der Waals surface area contributed by atoms with Crippen LogP contribution in [0, 0.1) is 11.8 Å². The van der Waals surface area contributed by atoms with Crippen molar-refractivity contribution in [2.45, 2.75) is 19.4 Å². The number of carbonyl (C=O) groups excluding carboxylic acids is 2. The van der Waals surface area contributed by atoms with Gasteiger partial charge in [-0.05, 0) is 12.3 Å². The summed E-state index contributed by atoms with van der Waals surface area (Å²) < 4.78 is 9.08. The fourth-order valence-corrected chi connectivity index (χ4v) is 1.66. The molecule has 0 aromatic rings. The average molecular weight is 213 g/mol. The molecule has 0 amide bonds. The lowest BCUT2D eigenvalue weighted by Gasteiger charge is -2.31. The highest BCUT2D eigenvalue weighted by Crippen LogP contribution is 2.26. The molecule has 0 aromatic heterocycles. The summed E-state index contributed by atoms with van der Waals surface area (Å²) in [4.78, 5) is 21.6. The maximum Gasteiger partial charge on any atom is 0.311 e. The van der Waals surface area contributed by atoms with Gasteiger partial charge in [-0.2, -0.15) is 0 Å². The van der Waals surface area contributed by atoms with E-state index in [9.17, 15) is 14.7 Å². The van der Waals surface area contributed by atoms with Gasteiger partial charge in [-0.3, -0.25) is 4.79 Å². The number of carbonyl (C=O) groups is 2. The van der Waals surface area contributed by atoms with Crippen LogP contribution in [-0.4, -0.2) is 25.3 Å². The second-order valence-corrected chi connectivity index (χ2v) is 3.56. The molecule has 1 aliphatic carbocycles. The maximum atomic E-state index is 11.4. The first kappa shape index (κ1) is 11.6. The molecule has 0 fully saturated rings. The molecule has 0 saturated carbocycles. The van der Waals surface area contributed by atoms with E-state index in [0.717, 1.165) is 0 Å². The third-order valence-corrected chi connectivity index (χ3v) is 2.39. The van der Waals surface area contributed by atoms with Crippen molar-refractivity contribution in [1.29, 1.82) is 0 Å². The highest BCUT2D eigenvalue weighted by molar-refractivity contribution is 5.74. The fraction of sp³-hybridized carbons (Fsp3) is 0.600. The van der Waals surface area contributed by atoms with Gasteiger partial charge in [0.05, 0.1) is 19.1 Å². The van der Waals surface area contributed by atoms with Crippen molar-refractivity contribution in [1.82, 2.24) is 0 Å². The topological polar surface area (TPSA) is 75.7 Å². The predicted octanol–water partition coefficient (Wildman–Crippen LogP) is 0.100. The SMILES string of the molecule is COC(=O)C1CC(C)C=CC1OC(=O)[O-]. The molecule has 0 spiro atoms. The normalized spacial score (nSPS) is 29.6. The van der Waals surface area contributed by atoms with Crippen LogP contribution in [0.4, 0.5) is 4.79 Å². The molecule has 0 radical (unpaired) electrons. The number of hydrogen-bond acceptors (Lipinski definition) is 5. The zero-order valence-electron chi connectivity index (χ0n) is 8.64. The van der Waals surface area contributed by atoms with Gasteiger partial charge in [-0.1, -0.05) is 19.1 Å². The number of ether oxygens (including phenoxy) is 2. The molecule has 1 aliphatic rings. The van der Waals surface area contributed by atoms with Crippen molar-refractivity contribution in [3.05, 3.63) is 12.2 Å². The van der Waals surface area contributed by atoms with Gasteiger partial charge >= 0.3 is 5.97 Å². The Morgan fingerprint density at radius 1 is 1.40 bits per heavy atom. The summed E-state index contributed by atoms with van der Waals surface area (Å²) in [6.45, 7) is 1.93. The van der Waals surface area contributed by atoms with Crippen LogP contribution in [0.2, 0.25) is 0 Å². The number of hydrogen-bond donors (Lipinski definition) is 0. The first-order chi connectivity index (χ1) is 7.04. The molecular formula is C10H13O5-. The zero-order chi connectivity index (χ0) is 11.4. The minimum Gasteiger partial charge on any atom is -0.541 e. The summed E-state index contributed by atoms with van der Waals surface area (Å²) in [5.74, 6) is -0.832. The molecule has 1 rings (SSSR count). The first-order valence-electron chi connectivity index (χ1n) is 4.68. The molecule has 0 N–H and O–H groups in total. The van der Waals surface area contributed by atoms with Gasteiger partial charge in [0.2, 0.25) is 0 Å². The van der Waals surface area contributed by atoms with Gasteiger partial charge in [0, 0.05) is 0 Å². The van der Waals surface area contributed by atoms with Crippen molar-refractivity contribution in [2.75, 3.05) is 7.11 Å². The van der Waals surface area contributed by atoms with E-state index in [1.807, 2.05) is 13.0 Å². The third-order valence-electron chi connectivity index (χ3n) is 2.39. The number of esters is 1. The Morgan fingerprint density at radius 3 is 2.60 bits per heavy atom. The van der Waals surface area contributed by atoms with Crippen molar-refractivity contribution in [3.8, 4) is 0 Å². The number of rotatable bonds is 2. The van der Waals surface area contributed by atoms with E-state index in [1.54, 1.807) is 6.08 Å². The molecule has 0 aromatic carbocycles. The Kier molecular flexibility index (Phi) is 3.71. The van der Waals surface area contributed by atoms with Crippen LogP contribution in [0.15, 0.2) is 12.2 Å². The minimum absolute atomic E-state index is 0.204. The maximum absolute atomic E-state index is 11.4. The van der Waals surface area contributed by atoms with Crippen molar-refractivity contribution in [2.24, 2.45) is 11.8 Å². The molecule has 5 nitrogen and oxygen atoms in total. The predicted molar refractivity (Wildman–Crippen MR) is 48.7 cm³/mol. The molecule has 84 valence electrons. The highest BCUT2D eigenvalue weighted by Gasteiger charge is 2.31. The molecule has 0 heterocycles. The van der Waals surface area contributed by atoms with E-state index in [4.69, 9.17) is 0 Å². The number of carboxylic acid groups (broad SMARTS) is 1. The Hall–Kier alpha value is -1.52. The van der Waals surface area contributed by atoms with E-state index in [-0.39, 0.29) is 5.92 Å². The van der Waals surface area contributed by atoms with Crippen molar-refractivity contribution < 1.29 is 24.2 Å². The summed E-state index contributed by atoms with van der Waals surface area (Å²) in [6.07, 6.45) is 1.46. The molecule has 3 atom stereocenters. The lowest BCUT2D eigenvalue weighted by atomic mass is 9.85. The molecule has 0 saturated heterocycles. The lowest BCUT2D eigenvalue weighted by Crippen LogP contribution is -2.38.